The largest absolute Gasteiger partial charge is 0.492 e. The number of carboxylic acid groups (broad SMARTS) is 1. The van der Waals surface area contributed by atoms with Crippen molar-refractivity contribution >= 4 is 11.9 Å². The van der Waals surface area contributed by atoms with Crippen molar-refractivity contribution in [3.8, 4) is 5.75 Å². The van der Waals surface area contributed by atoms with Crippen LogP contribution in [0, 0.1) is 5.82 Å². The van der Waals surface area contributed by atoms with Gasteiger partial charge in [-0.2, -0.15) is 0 Å². The first-order chi connectivity index (χ1) is 8.04. The van der Waals surface area contributed by atoms with Gasteiger partial charge in [-0.25, -0.2) is 9.18 Å². The van der Waals surface area contributed by atoms with Crippen molar-refractivity contribution < 1.29 is 23.8 Å². The third kappa shape index (κ3) is 3.75. The van der Waals surface area contributed by atoms with Crippen LogP contribution in [0.15, 0.2) is 18.2 Å². The zero-order chi connectivity index (χ0) is 12.8. The van der Waals surface area contributed by atoms with Crippen molar-refractivity contribution in [1.29, 1.82) is 0 Å². The number of halogens is 1. The van der Waals surface area contributed by atoms with E-state index in [0.717, 1.165) is 18.2 Å². The van der Waals surface area contributed by atoms with Gasteiger partial charge >= 0.3 is 5.97 Å². The summed E-state index contributed by atoms with van der Waals surface area (Å²) in [6.45, 7) is -0.0105. The first-order valence-corrected chi connectivity index (χ1v) is 4.91. The van der Waals surface area contributed by atoms with Gasteiger partial charge in [-0.15, -0.1) is 0 Å². The van der Waals surface area contributed by atoms with E-state index in [9.17, 15) is 14.0 Å². The SMILES string of the molecule is CNC(=O)CCOc1cc(F)ccc1C(=O)O. The molecule has 0 aliphatic carbocycles. The van der Waals surface area contributed by atoms with Crippen molar-refractivity contribution in [3.63, 3.8) is 0 Å². The molecular weight excluding hydrogens is 229 g/mol. The fourth-order valence-corrected chi connectivity index (χ4v) is 1.17. The second-order valence-corrected chi connectivity index (χ2v) is 3.22. The predicted molar refractivity (Wildman–Crippen MR) is 57.5 cm³/mol. The summed E-state index contributed by atoms with van der Waals surface area (Å²) in [4.78, 5) is 21.7. The van der Waals surface area contributed by atoms with E-state index in [1.54, 1.807) is 0 Å². The number of aromatic carboxylic acids is 1. The molecule has 0 aliphatic heterocycles. The number of nitrogens with one attached hydrogen (secondary N) is 1. The molecule has 1 aromatic rings. The maximum atomic E-state index is 12.9. The molecule has 0 heterocycles. The summed E-state index contributed by atoms with van der Waals surface area (Å²) in [5.74, 6) is -2.12. The first kappa shape index (κ1) is 13.0. The van der Waals surface area contributed by atoms with Gasteiger partial charge in [0.1, 0.15) is 17.1 Å². The topological polar surface area (TPSA) is 75.6 Å². The number of hydrogen-bond acceptors (Lipinski definition) is 3. The number of carboxylic acids is 1. The van der Waals surface area contributed by atoms with Crippen LogP contribution in [0.2, 0.25) is 0 Å². The molecule has 1 rings (SSSR count). The lowest BCUT2D eigenvalue weighted by Gasteiger charge is -2.08. The Morgan fingerprint density at radius 2 is 2.18 bits per heavy atom. The van der Waals surface area contributed by atoms with Gasteiger partial charge in [0.2, 0.25) is 5.91 Å². The molecule has 0 bridgehead atoms. The van der Waals surface area contributed by atoms with E-state index < -0.39 is 11.8 Å². The van der Waals surface area contributed by atoms with Crippen LogP contribution in [-0.4, -0.2) is 30.6 Å². The minimum Gasteiger partial charge on any atom is -0.492 e. The summed E-state index contributed by atoms with van der Waals surface area (Å²) in [7, 11) is 1.48. The van der Waals surface area contributed by atoms with E-state index in [4.69, 9.17) is 9.84 Å². The molecule has 0 spiro atoms. The molecule has 1 amide bonds. The lowest BCUT2D eigenvalue weighted by molar-refractivity contribution is -0.121. The molecule has 2 N–H and O–H groups in total. The van der Waals surface area contributed by atoms with E-state index in [0.29, 0.717) is 0 Å². The summed E-state index contributed by atoms with van der Waals surface area (Å²) < 4.78 is 18.0. The van der Waals surface area contributed by atoms with Gasteiger partial charge in [0.05, 0.1) is 13.0 Å². The predicted octanol–water partition coefficient (Wildman–Crippen LogP) is 1.04. The van der Waals surface area contributed by atoms with E-state index in [2.05, 4.69) is 5.32 Å². The zero-order valence-corrected chi connectivity index (χ0v) is 9.20. The smallest absolute Gasteiger partial charge is 0.339 e. The number of benzene rings is 1. The molecule has 1 aromatic carbocycles. The summed E-state index contributed by atoms with van der Waals surface area (Å²) in [6.07, 6.45) is 0.0755. The molecular formula is C11H12FNO4. The highest BCUT2D eigenvalue weighted by Crippen LogP contribution is 2.20. The number of rotatable bonds is 5. The van der Waals surface area contributed by atoms with Gasteiger partial charge in [0.15, 0.2) is 0 Å². The molecule has 6 heteroatoms. The molecule has 92 valence electrons. The van der Waals surface area contributed by atoms with Crippen molar-refractivity contribution in [2.24, 2.45) is 0 Å². The van der Waals surface area contributed by atoms with Crippen LogP contribution in [-0.2, 0) is 4.79 Å². The summed E-state index contributed by atoms with van der Waals surface area (Å²) >= 11 is 0. The minimum absolute atomic E-state index is 0.0105. The van der Waals surface area contributed by atoms with Gasteiger partial charge in [-0.05, 0) is 12.1 Å². The molecule has 5 nitrogen and oxygen atoms in total. The summed E-state index contributed by atoms with van der Waals surface area (Å²) in [5.41, 5.74) is -0.136. The molecule has 0 aliphatic rings. The first-order valence-electron chi connectivity index (χ1n) is 4.91. The Balaban J connectivity index is 2.72. The Kier molecular flexibility index (Phi) is 4.45. The molecule has 0 fully saturated rings. The number of ether oxygens (including phenoxy) is 1. The Labute approximate surface area is 97.2 Å². The van der Waals surface area contributed by atoms with Crippen molar-refractivity contribution in [2.45, 2.75) is 6.42 Å². The van der Waals surface area contributed by atoms with Crippen LogP contribution in [0.25, 0.3) is 0 Å². The molecule has 17 heavy (non-hydrogen) atoms. The Bertz CT molecular complexity index is 433. The Morgan fingerprint density at radius 3 is 2.76 bits per heavy atom. The van der Waals surface area contributed by atoms with Gasteiger partial charge in [0, 0.05) is 13.1 Å². The van der Waals surface area contributed by atoms with Gasteiger partial charge < -0.3 is 15.2 Å². The average molecular weight is 241 g/mol. The van der Waals surface area contributed by atoms with Gasteiger partial charge in [-0.1, -0.05) is 0 Å². The third-order valence-electron chi connectivity index (χ3n) is 2.04. The maximum Gasteiger partial charge on any atom is 0.339 e. The highest BCUT2D eigenvalue weighted by atomic mass is 19.1. The molecule has 0 saturated heterocycles. The van der Waals surface area contributed by atoms with Crippen LogP contribution in [0.4, 0.5) is 4.39 Å². The van der Waals surface area contributed by atoms with Gasteiger partial charge in [0.25, 0.3) is 0 Å². The molecule has 0 atom stereocenters. The Morgan fingerprint density at radius 1 is 1.47 bits per heavy atom. The highest BCUT2D eigenvalue weighted by Gasteiger charge is 2.12. The molecule has 0 unspecified atom stereocenters. The number of amides is 1. The van der Waals surface area contributed by atoms with E-state index in [-0.39, 0.29) is 30.2 Å². The maximum absolute atomic E-state index is 12.9. The third-order valence-corrected chi connectivity index (χ3v) is 2.04. The van der Waals surface area contributed by atoms with Crippen molar-refractivity contribution in [2.75, 3.05) is 13.7 Å². The molecule has 0 saturated carbocycles. The average Bonchev–Trinajstić information content (AvgIpc) is 2.28. The van der Waals surface area contributed by atoms with E-state index >= 15 is 0 Å². The summed E-state index contributed by atoms with van der Waals surface area (Å²) in [6, 6.07) is 3.13. The number of hydrogen-bond donors (Lipinski definition) is 2. The highest BCUT2D eigenvalue weighted by molar-refractivity contribution is 5.90. The fourth-order valence-electron chi connectivity index (χ4n) is 1.17. The van der Waals surface area contributed by atoms with E-state index in [1.807, 2.05) is 0 Å². The minimum atomic E-state index is -1.21. The Hall–Kier alpha value is -2.11. The quantitative estimate of drug-likeness (QED) is 0.807. The monoisotopic (exact) mass is 241 g/mol. The molecule has 0 aromatic heterocycles. The van der Waals surface area contributed by atoms with Crippen LogP contribution >= 0.6 is 0 Å². The van der Waals surface area contributed by atoms with E-state index in [1.165, 1.54) is 7.05 Å². The van der Waals surface area contributed by atoms with Crippen molar-refractivity contribution in [3.05, 3.63) is 29.6 Å². The van der Waals surface area contributed by atoms with Gasteiger partial charge in [-0.3, -0.25) is 4.79 Å². The zero-order valence-electron chi connectivity index (χ0n) is 9.20. The van der Waals surface area contributed by atoms with Crippen LogP contribution in [0.1, 0.15) is 16.8 Å². The van der Waals surface area contributed by atoms with Crippen LogP contribution in [0.5, 0.6) is 5.75 Å². The second kappa shape index (κ2) is 5.83. The second-order valence-electron chi connectivity index (χ2n) is 3.22. The van der Waals surface area contributed by atoms with Crippen LogP contribution < -0.4 is 10.1 Å². The lowest BCUT2D eigenvalue weighted by Crippen LogP contribution is -2.20. The lowest BCUT2D eigenvalue weighted by atomic mass is 10.2. The van der Waals surface area contributed by atoms with Crippen LogP contribution in [0.3, 0.4) is 0 Å². The number of carbonyl (C=O) groups excluding carboxylic acids is 1. The van der Waals surface area contributed by atoms with Crippen molar-refractivity contribution in [1.82, 2.24) is 5.32 Å². The summed E-state index contributed by atoms with van der Waals surface area (Å²) in [5, 5.41) is 11.2. The normalized spacial score (nSPS) is 9.76. The number of carbonyl (C=O) groups is 2. The fraction of sp³-hybridized carbons (Fsp3) is 0.273. The standard InChI is InChI=1S/C11H12FNO4/c1-13-10(14)4-5-17-9-6-7(12)2-3-8(9)11(15)16/h2-3,6H,4-5H2,1H3,(H,13,14)(H,15,16). The molecule has 0 radical (unpaired) electrons.